The van der Waals surface area contributed by atoms with Crippen molar-refractivity contribution in [3.63, 3.8) is 0 Å². The highest BCUT2D eigenvalue weighted by atomic mass is 32.1. The molecule has 4 rings (SSSR count). The normalized spacial score (nSPS) is 16.4. The number of anilines is 3. The van der Waals surface area contributed by atoms with Gasteiger partial charge in [-0.15, -0.1) is 0 Å². The first-order valence-electron chi connectivity index (χ1n) is 9.92. The molecule has 1 aromatic heterocycles. The molecule has 1 saturated heterocycles. The van der Waals surface area contributed by atoms with Gasteiger partial charge in [-0.3, -0.25) is 9.59 Å². The SMILES string of the molecule is COCC(=O)Nc1cccc(NC(=O)[C@@H]2CCCN(c3nc4ccccc4s3)C2)c1. The highest BCUT2D eigenvalue weighted by Crippen LogP contribution is 2.31. The van der Waals surface area contributed by atoms with Crippen molar-refractivity contribution in [3.05, 3.63) is 48.5 Å². The van der Waals surface area contributed by atoms with E-state index in [0.717, 1.165) is 34.7 Å². The van der Waals surface area contributed by atoms with Gasteiger partial charge in [0.25, 0.3) is 0 Å². The number of benzene rings is 2. The van der Waals surface area contributed by atoms with Crippen molar-refractivity contribution >= 4 is 49.9 Å². The number of hydrogen-bond donors (Lipinski definition) is 2. The van der Waals surface area contributed by atoms with Crippen LogP contribution in [0.25, 0.3) is 10.2 Å². The van der Waals surface area contributed by atoms with Gasteiger partial charge >= 0.3 is 0 Å². The van der Waals surface area contributed by atoms with Crippen LogP contribution in [-0.2, 0) is 14.3 Å². The van der Waals surface area contributed by atoms with E-state index in [4.69, 9.17) is 9.72 Å². The molecule has 1 fully saturated rings. The molecule has 0 aliphatic carbocycles. The molecule has 2 amide bonds. The molecule has 0 radical (unpaired) electrons. The van der Waals surface area contributed by atoms with E-state index in [1.165, 1.54) is 7.11 Å². The summed E-state index contributed by atoms with van der Waals surface area (Å²) in [5, 5.41) is 6.71. The molecule has 1 aliphatic heterocycles. The molecule has 2 heterocycles. The second kappa shape index (κ2) is 9.23. The van der Waals surface area contributed by atoms with Crippen molar-refractivity contribution in [1.29, 1.82) is 0 Å². The quantitative estimate of drug-likeness (QED) is 0.630. The van der Waals surface area contributed by atoms with Crippen LogP contribution in [0.4, 0.5) is 16.5 Å². The summed E-state index contributed by atoms with van der Waals surface area (Å²) in [6.45, 7) is 1.54. The van der Waals surface area contributed by atoms with Crippen LogP contribution in [0.15, 0.2) is 48.5 Å². The molecule has 156 valence electrons. The Hall–Kier alpha value is -2.97. The highest BCUT2D eigenvalue weighted by molar-refractivity contribution is 7.22. The number of carbonyl (C=O) groups is 2. The molecular weight excluding hydrogens is 400 g/mol. The van der Waals surface area contributed by atoms with Crippen molar-refractivity contribution in [2.45, 2.75) is 12.8 Å². The van der Waals surface area contributed by atoms with Gasteiger partial charge in [0.05, 0.1) is 16.1 Å². The fourth-order valence-electron chi connectivity index (χ4n) is 3.61. The van der Waals surface area contributed by atoms with E-state index in [1.54, 1.807) is 29.5 Å². The number of hydrogen-bond acceptors (Lipinski definition) is 6. The third-order valence-corrected chi connectivity index (χ3v) is 6.13. The Labute approximate surface area is 179 Å². The van der Waals surface area contributed by atoms with Crippen LogP contribution < -0.4 is 15.5 Å². The topological polar surface area (TPSA) is 83.6 Å². The number of fused-ring (bicyclic) bond motifs is 1. The molecule has 1 atom stereocenters. The van der Waals surface area contributed by atoms with E-state index in [9.17, 15) is 9.59 Å². The van der Waals surface area contributed by atoms with Gasteiger partial charge in [0.1, 0.15) is 6.61 Å². The molecule has 8 heteroatoms. The number of aromatic nitrogens is 1. The zero-order valence-corrected chi connectivity index (χ0v) is 17.6. The molecular formula is C22H24N4O3S. The lowest BCUT2D eigenvalue weighted by Crippen LogP contribution is -2.40. The fraction of sp³-hybridized carbons (Fsp3) is 0.318. The van der Waals surface area contributed by atoms with Crippen LogP contribution in [0.1, 0.15) is 12.8 Å². The minimum absolute atomic E-state index is 0.0128. The Morgan fingerprint density at radius 3 is 2.77 bits per heavy atom. The Morgan fingerprint density at radius 1 is 1.17 bits per heavy atom. The van der Waals surface area contributed by atoms with Gasteiger partial charge in [-0.2, -0.15) is 0 Å². The van der Waals surface area contributed by atoms with Gasteiger partial charge in [0.15, 0.2) is 5.13 Å². The zero-order chi connectivity index (χ0) is 20.9. The Bertz CT molecular complexity index is 1020. The molecule has 2 aromatic carbocycles. The first-order chi connectivity index (χ1) is 14.6. The van der Waals surface area contributed by atoms with Gasteiger partial charge < -0.3 is 20.3 Å². The average molecular weight is 425 g/mol. The summed E-state index contributed by atoms with van der Waals surface area (Å²) in [4.78, 5) is 31.5. The smallest absolute Gasteiger partial charge is 0.250 e. The van der Waals surface area contributed by atoms with Gasteiger partial charge in [-0.25, -0.2) is 4.98 Å². The fourth-order valence-corrected chi connectivity index (χ4v) is 4.61. The number of methoxy groups -OCH3 is 1. The maximum Gasteiger partial charge on any atom is 0.250 e. The van der Waals surface area contributed by atoms with Crippen molar-refractivity contribution in [1.82, 2.24) is 4.98 Å². The molecule has 30 heavy (non-hydrogen) atoms. The van der Waals surface area contributed by atoms with Crippen molar-refractivity contribution in [2.24, 2.45) is 5.92 Å². The van der Waals surface area contributed by atoms with Crippen LogP contribution in [0.5, 0.6) is 0 Å². The number of carbonyl (C=O) groups excluding carboxylic acids is 2. The van der Waals surface area contributed by atoms with Crippen LogP contribution in [-0.4, -0.2) is 43.6 Å². The molecule has 0 unspecified atom stereocenters. The summed E-state index contributed by atoms with van der Waals surface area (Å²) >= 11 is 1.67. The van der Waals surface area contributed by atoms with E-state index in [0.29, 0.717) is 17.9 Å². The van der Waals surface area contributed by atoms with Crippen molar-refractivity contribution in [2.75, 3.05) is 42.3 Å². The third-order valence-electron chi connectivity index (χ3n) is 5.03. The number of ether oxygens (including phenoxy) is 1. The molecule has 0 spiro atoms. The maximum atomic E-state index is 12.9. The largest absolute Gasteiger partial charge is 0.375 e. The highest BCUT2D eigenvalue weighted by Gasteiger charge is 2.27. The summed E-state index contributed by atoms with van der Waals surface area (Å²) < 4.78 is 5.98. The zero-order valence-electron chi connectivity index (χ0n) is 16.8. The first kappa shape index (κ1) is 20.3. The average Bonchev–Trinajstić information content (AvgIpc) is 3.19. The molecule has 3 aromatic rings. The predicted octanol–water partition coefficient (Wildman–Crippen LogP) is 3.74. The van der Waals surface area contributed by atoms with E-state index >= 15 is 0 Å². The number of para-hydroxylation sites is 1. The number of amides is 2. The van der Waals surface area contributed by atoms with Gasteiger partial charge in [-0.1, -0.05) is 29.5 Å². The second-order valence-electron chi connectivity index (χ2n) is 7.30. The number of nitrogens with one attached hydrogen (secondary N) is 2. The van der Waals surface area contributed by atoms with E-state index in [-0.39, 0.29) is 24.3 Å². The molecule has 7 nitrogen and oxygen atoms in total. The Balaban J connectivity index is 1.40. The Kier molecular flexibility index (Phi) is 6.25. The van der Waals surface area contributed by atoms with Crippen molar-refractivity contribution in [3.8, 4) is 0 Å². The lowest BCUT2D eigenvalue weighted by Gasteiger charge is -2.31. The summed E-state index contributed by atoms with van der Waals surface area (Å²) in [5.41, 5.74) is 2.28. The summed E-state index contributed by atoms with van der Waals surface area (Å²) in [6.07, 6.45) is 1.79. The van der Waals surface area contributed by atoms with Crippen LogP contribution in [0.3, 0.4) is 0 Å². The molecule has 2 N–H and O–H groups in total. The second-order valence-corrected chi connectivity index (χ2v) is 8.31. The van der Waals surface area contributed by atoms with Crippen LogP contribution in [0.2, 0.25) is 0 Å². The van der Waals surface area contributed by atoms with E-state index in [1.807, 2.05) is 24.3 Å². The van der Waals surface area contributed by atoms with Gasteiger partial charge in [0, 0.05) is 31.6 Å². The maximum absolute atomic E-state index is 12.9. The molecule has 0 bridgehead atoms. The number of thiazole rings is 1. The standard InChI is InChI=1S/C22H24N4O3S/c1-29-14-20(27)23-16-7-4-8-17(12-16)24-21(28)15-6-5-11-26(13-15)22-25-18-9-2-3-10-19(18)30-22/h2-4,7-10,12,15H,5-6,11,13-14H2,1H3,(H,23,27)(H,24,28)/t15-/m1/s1. The lowest BCUT2D eigenvalue weighted by molar-refractivity contribution is -0.120. The number of nitrogens with zero attached hydrogens (tertiary/aromatic N) is 2. The molecule has 1 aliphatic rings. The lowest BCUT2D eigenvalue weighted by atomic mass is 9.97. The van der Waals surface area contributed by atoms with E-state index in [2.05, 4.69) is 21.6 Å². The Morgan fingerprint density at radius 2 is 1.97 bits per heavy atom. The third kappa shape index (κ3) is 4.77. The van der Waals surface area contributed by atoms with Gasteiger partial charge in [0.2, 0.25) is 11.8 Å². The van der Waals surface area contributed by atoms with Crippen molar-refractivity contribution < 1.29 is 14.3 Å². The van der Waals surface area contributed by atoms with Crippen LogP contribution in [0, 0.1) is 5.92 Å². The minimum Gasteiger partial charge on any atom is -0.375 e. The summed E-state index contributed by atoms with van der Waals surface area (Å²) in [5.74, 6) is -0.363. The summed E-state index contributed by atoms with van der Waals surface area (Å²) in [7, 11) is 1.47. The predicted molar refractivity (Wildman–Crippen MR) is 120 cm³/mol. The number of rotatable bonds is 6. The van der Waals surface area contributed by atoms with E-state index < -0.39 is 0 Å². The number of piperidine rings is 1. The van der Waals surface area contributed by atoms with Gasteiger partial charge in [-0.05, 0) is 43.2 Å². The summed E-state index contributed by atoms with van der Waals surface area (Å²) in [6, 6.07) is 15.2. The molecule has 0 saturated carbocycles. The monoisotopic (exact) mass is 424 g/mol. The first-order valence-corrected chi connectivity index (χ1v) is 10.7. The van der Waals surface area contributed by atoms with Crippen LogP contribution >= 0.6 is 11.3 Å². The minimum atomic E-state index is -0.236.